The van der Waals surface area contributed by atoms with E-state index >= 15 is 0 Å². The van der Waals surface area contributed by atoms with Gasteiger partial charge in [-0.25, -0.2) is 15.4 Å². The second kappa shape index (κ2) is 12.6. The van der Waals surface area contributed by atoms with Crippen molar-refractivity contribution in [3.05, 3.63) is 69.6 Å². The lowest BCUT2D eigenvalue weighted by molar-refractivity contribution is -0.639. The number of benzene rings is 1. The lowest BCUT2D eigenvalue weighted by atomic mass is 10.0. The van der Waals surface area contributed by atoms with E-state index in [4.69, 9.17) is 34.2 Å². The number of rotatable bonds is 10. The van der Waals surface area contributed by atoms with Gasteiger partial charge in [0.25, 0.3) is 5.91 Å². The Morgan fingerprint density at radius 2 is 1.90 bits per heavy atom. The number of fused-ring (bicyclic) bond motifs is 1. The fraction of sp³-hybridized carbons (Fsp3) is 0.208. The van der Waals surface area contributed by atoms with E-state index in [9.17, 15) is 24.3 Å². The molecule has 2 aliphatic heterocycles. The first-order valence-electron chi connectivity index (χ1n) is 11.2. The summed E-state index contributed by atoms with van der Waals surface area (Å²) >= 11 is 16.4. The molecule has 0 spiro atoms. The zero-order chi connectivity index (χ0) is 28.3. The molecule has 10 nitrogen and oxygen atoms in total. The third-order valence-corrected chi connectivity index (χ3v) is 9.86. The van der Waals surface area contributed by atoms with E-state index in [1.165, 1.54) is 51.3 Å². The maximum absolute atomic E-state index is 12.9. The molecule has 0 aliphatic carbocycles. The summed E-state index contributed by atoms with van der Waals surface area (Å²) in [6, 6.07) is 5.81. The predicted octanol–water partition coefficient (Wildman–Crippen LogP) is 2.72. The Kier molecular flexibility index (Phi) is 9.39. The van der Waals surface area contributed by atoms with E-state index in [2.05, 4.69) is 5.32 Å². The van der Waals surface area contributed by atoms with Gasteiger partial charge in [0.2, 0.25) is 5.91 Å². The number of carbonyl (C=O) groups is 4. The lowest BCUT2D eigenvalue weighted by Crippen LogP contribution is -2.70. The minimum atomic E-state index is -1.19. The summed E-state index contributed by atoms with van der Waals surface area (Å²) in [6.45, 7) is 0. The summed E-state index contributed by atoms with van der Waals surface area (Å²) in [5.74, 6) is 3.14. The van der Waals surface area contributed by atoms with Gasteiger partial charge in [0.05, 0.1) is 10.8 Å². The van der Waals surface area contributed by atoms with Crippen LogP contribution in [0, 0.1) is 0 Å². The first-order valence-corrected chi connectivity index (χ1v) is 14.9. The van der Waals surface area contributed by atoms with E-state index in [1.807, 2.05) is 12.1 Å². The zero-order valence-corrected chi connectivity index (χ0v) is 23.8. The minimum absolute atomic E-state index is 0.0422. The molecule has 1 aromatic carbocycles. The number of nitrogens with zero attached hydrogens (tertiary/aromatic N) is 2. The number of pyridine rings is 1. The van der Waals surface area contributed by atoms with Crippen molar-refractivity contribution in [2.24, 2.45) is 0 Å². The van der Waals surface area contributed by atoms with Crippen molar-refractivity contribution < 1.29 is 34.1 Å². The molecule has 2 amide bonds. The third kappa shape index (κ3) is 6.84. The molecular formula is C24H21Cl2N4O6S3+. The number of nitrogens with one attached hydrogen (secondary N) is 1. The molecule has 4 rings (SSSR count). The van der Waals surface area contributed by atoms with E-state index in [0.29, 0.717) is 27.5 Å². The Morgan fingerprint density at radius 1 is 1.18 bits per heavy atom. The summed E-state index contributed by atoms with van der Waals surface area (Å²) in [7, 11) is 0. The number of amides is 2. The summed E-state index contributed by atoms with van der Waals surface area (Å²) < 4.78 is 1.40. The van der Waals surface area contributed by atoms with E-state index in [-0.39, 0.29) is 21.5 Å². The number of carboxylic acids is 2. The van der Waals surface area contributed by atoms with Gasteiger partial charge in [-0.15, -0.1) is 35.3 Å². The number of aromatic nitrogens is 1. The Morgan fingerprint density at radius 3 is 2.56 bits per heavy atom. The van der Waals surface area contributed by atoms with Crippen LogP contribution >= 0.6 is 58.5 Å². The second-order valence-electron chi connectivity index (χ2n) is 8.25. The SMILES string of the molecule is N[n+]1ccc(SCC2=C(C(=O)O)N3C(=O)[C@H](NC(=O)CSc4cc(Cl)c(C=CC(=O)O)cc4Cl)[C@H]3SC2)cc1. The fourth-order valence-corrected chi connectivity index (χ4v) is 7.55. The van der Waals surface area contributed by atoms with Crippen molar-refractivity contribution in [3.8, 4) is 0 Å². The highest BCUT2D eigenvalue weighted by molar-refractivity contribution is 8.01. The van der Waals surface area contributed by atoms with Crippen LogP contribution in [0.1, 0.15) is 5.56 Å². The molecule has 204 valence electrons. The van der Waals surface area contributed by atoms with Crippen molar-refractivity contribution in [1.29, 1.82) is 0 Å². The Balaban J connectivity index is 1.36. The maximum Gasteiger partial charge on any atom is 0.352 e. The van der Waals surface area contributed by atoms with Crippen molar-refractivity contribution in [3.63, 3.8) is 0 Å². The molecule has 1 aromatic heterocycles. The van der Waals surface area contributed by atoms with Crippen molar-refractivity contribution >= 4 is 88.3 Å². The molecule has 5 N–H and O–H groups in total. The van der Waals surface area contributed by atoms with Crippen LogP contribution in [0.25, 0.3) is 6.08 Å². The first kappa shape index (κ1) is 29.2. The molecular weight excluding hydrogens is 607 g/mol. The number of carboxylic acid groups (broad SMARTS) is 2. The van der Waals surface area contributed by atoms with Crippen LogP contribution in [0.4, 0.5) is 0 Å². The molecule has 39 heavy (non-hydrogen) atoms. The highest BCUT2D eigenvalue weighted by atomic mass is 35.5. The summed E-state index contributed by atoms with van der Waals surface area (Å²) in [5, 5.41) is 21.4. The van der Waals surface area contributed by atoms with Crippen LogP contribution in [-0.2, 0) is 19.2 Å². The summed E-state index contributed by atoms with van der Waals surface area (Å²) in [6.07, 6.45) is 5.62. The zero-order valence-electron chi connectivity index (χ0n) is 19.9. The van der Waals surface area contributed by atoms with E-state index < -0.39 is 35.2 Å². The monoisotopic (exact) mass is 627 g/mol. The molecule has 1 saturated heterocycles. The average molecular weight is 629 g/mol. The van der Waals surface area contributed by atoms with Gasteiger partial charge in [-0.05, 0) is 29.3 Å². The predicted molar refractivity (Wildman–Crippen MR) is 151 cm³/mol. The van der Waals surface area contributed by atoms with E-state index in [1.54, 1.807) is 12.4 Å². The van der Waals surface area contributed by atoms with E-state index in [0.717, 1.165) is 22.7 Å². The molecule has 2 aromatic rings. The van der Waals surface area contributed by atoms with Gasteiger partial charge in [0.15, 0.2) is 12.4 Å². The van der Waals surface area contributed by atoms with Crippen LogP contribution in [0.5, 0.6) is 0 Å². The second-order valence-corrected chi connectivity index (χ2v) is 12.2. The van der Waals surface area contributed by atoms with Gasteiger partial charge in [-0.3, -0.25) is 14.5 Å². The number of nitrogens with two attached hydrogens (primary N) is 1. The molecule has 1 fully saturated rings. The standard InChI is InChI=1S/C24H20Cl2N4O6S3/c25-15-8-17(16(26)7-12(15)1-2-19(32)33)38-11-18(31)28-20-22(34)30-21(24(35)36)13(10-39-23(20)30)9-37-14-3-5-29(27)6-4-14/h1-8,20,23H,9-11,27H2,(H2-,28,31,32,33,35,36)/p+1/t20-,23+/m0/s1. The molecule has 0 bridgehead atoms. The lowest BCUT2D eigenvalue weighted by Gasteiger charge is -2.49. The van der Waals surface area contributed by atoms with Crippen LogP contribution < -0.4 is 15.8 Å². The number of hydrogen-bond acceptors (Lipinski definition) is 8. The fourth-order valence-electron chi connectivity index (χ4n) is 3.79. The van der Waals surface area contributed by atoms with Gasteiger partial charge in [0.1, 0.15) is 17.1 Å². The smallest absolute Gasteiger partial charge is 0.352 e. The highest BCUT2D eigenvalue weighted by Crippen LogP contribution is 2.41. The Bertz CT molecular complexity index is 1400. The normalized spacial score (nSPS) is 18.6. The summed E-state index contributed by atoms with van der Waals surface area (Å²) in [5.41, 5.74) is 0.999. The van der Waals surface area contributed by atoms with Gasteiger partial charge in [-0.2, -0.15) is 0 Å². The first-order chi connectivity index (χ1) is 18.5. The molecule has 2 atom stereocenters. The highest BCUT2D eigenvalue weighted by Gasteiger charge is 2.54. The van der Waals surface area contributed by atoms with Crippen LogP contribution in [0.3, 0.4) is 0 Å². The van der Waals surface area contributed by atoms with Crippen molar-refractivity contribution in [1.82, 2.24) is 10.2 Å². The van der Waals surface area contributed by atoms with Gasteiger partial charge in [-0.1, -0.05) is 27.9 Å². The van der Waals surface area contributed by atoms with Crippen molar-refractivity contribution in [2.75, 3.05) is 23.1 Å². The number of nitrogen functional groups attached to an aromatic ring is 1. The number of aliphatic carboxylic acids is 2. The van der Waals surface area contributed by atoms with Gasteiger partial charge in [0, 0.05) is 44.5 Å². The quantitative estimate of drug-likeness (QED) is 0.102. The molecule has 0 radical (unpaired) electrons. The van der Waals surface area contributed by atoms with Crippen LogP contribution in [-0.4, -0.2) is 67.5 Å². The average Bonchev–Trinajstić information content (AvgIpc) is 2.90. The number of carbonyl (C=O) groups excluding carboxylic acids is 2. The molecule has 15 heteroatoms. The Hall–Kier alpha value is -2.84. The molecule has 2 aliphatic rings. The number of thioether (sulfide) groups is 3. The van der Waals surface area contributed by atoms with Crippen molar-refractivity contribution in [2.45, 2.75) is 21.2 Å². The minimum Gasteiger partial charge on any atom is -0.478 e. The molecule has 0 unspecified atom stereocenters. The maximum atomic E-state index is 12.9. The number of β-lactam (4-membered cyclic amide) rings is 1. The van der Waals surface area contributed by atoms with Crippen LogP contribution in [0.2, 0.25) is 10.0 Å². The number of halogens is 2. The number of hydrogen-bond donors (Lipinski definition) is 4. The van der Waals surface area contributed by atoms with Gasteiger partial charge < -0.3 is 15.5 Å². The Labute approximate surface area is 245 Å². The third-order valence-electron chi connectivity index (χ3n) is 5.62. The van der Waals surface area contributed by atoms with Crippen LogP contribution in [0.15, 0.2) is 63.8 Å². The molecule has 3 heterocycles. The topological polar surface area (TPSA) is 154 Å². The molecule has 0 saturated carbocycles. The van der Waals surface area contributed by atoms with Gasteiger partial charge >= 0.3 is 11.9 Å². The largest absolute Gasteiger partial charge is 0.478 e. The summed E-state index contributed by atoms with van der Waals surface area (Å²) in [4.78, 5) is 51.0.